The van der Waals surface area contributed by atoms with Crippen molar-refractivity contribution in [1.82, 2.24) is 4.90 Å². The van der Waals surface area contributed by atoms with Crippen molar-refractivity contribution in [2.45, 2.75) is 13.1 Å². The maximum absolute atomic E-state index is 13.1. The number of methoxy groups -OCH3 is 2. The van der Waals surface area contributed by atoms with Crippen LogP contribution in [0.5, 0.6) is 17.2 Å². The lowest BCUT2D eigenvalue weighted by molar-refractivity contribution is 0.0727. The number of para-hydroxylation sites is 1. The Kier molecular flexibility index (Phi) is 6.17. The molecule has 0 fully saturated rings. The van der Waals surface area contributed by atoms with Crippen molar-refractivity contribution in [2.75, 3.05) is 14.2 Å². The average Bonchev–Trinajstić information content (AvgIpc) is 2.74. The van der Waals surface area contributed by atoms with Gasteiger partial charge in [0.2, 0.25) is 0 Å². The molecule has 5 heteroatoms. The van der Waals surface area contributed by atoms with Crippen LogP contribution in [0.1, 0.15) is 21.5 Å². The first-order valence-corrected chi connectivity index (χ1v) is 8.94. The maximum atomic E-state index is 13.1. The molecule has 28 heavy (non-hydrogen) atoms. The van der Waals surface area contributed by atoms with Crippen LogP contribution in [0.4, 0.5) is 0 Å². The lowest BCUT2D eigenvalue weighted by atomic mass is 10.1. The molecule has 0 aliphatic heterocycles. The minimum Gasteiger partial charge on any atom is -0.507 e. The summed E-state index contributed by atoms with van der Waals surface area (Å²) in [6, 6.07) is 21.8. The van der Waals surface area contributed by atoms with Crippen molar-refractivity contribution in [2.24, 2.45) is 0 Å². The van der Waals surface area contributed by atoms with E-state index in [0.29, 0.717) is 13.1 Å². The summed E-state index contributed by atoms with van der Waals surface area (Å²) < 4.78 is 10.4. The number of hydrogen-bond acceptors (Lipinski definition) is 4. The van der Waals surface area contributed by atoms with Crippen molar-refractivity contribution in [3.05, 3.63) is 89.5 Å². The number of aromatic hydroxyl groups is 1. The zero-order valence-electron chi connectivity index (χ0n) is 16.0. The Balaban J connectivity index is 1.87. The smallest absolute Gasteiger partial charge is 0.258 e. The van der Waals surface area contributed by atoms with Gasteiger partial charge in [-0.2, -0.15) is 0 Å². The van der Waals surface area contributed by atoms with Crippen LogP contribution in [-0.2, 0) is 13.1 Å². The Hall–Kier alpha value is -3.47. The fraction of sp³-hybridized carbons (Fsp3) is 0.174. The number of carbonyl (C=O) groups excluding carboxylic acids is 1. The van der Waals surface area contributed by atoms with Gasteiger partial charge in [0, 0.05) is 13.1 Å². The van der Waals surface area contributed by atoms with E-state index < -0.39 is 0 Å². The van der Waals surface area contributed by atoms with Gasteiger partial charge < -0.3 is 19.5 Å². The lowest BCUT2D eigenvalue weighted by Crippen LogP contribution is -2.30. The molecule has 1 amide bonds. The highest BCUT2D eigenvalue weighted by molar-refractivity contribution is 5.96. The Labute approximate surface area is 164 Å². The monoisotopic (exact) mass is 377 g/mol. The van der Waals surface area contributed by atoms with Gasteiger partial charge in [-0.05, 0) is 47.5 Å². The summed E-state index contributed by atoms with van der Waals surface area (Å²) >= 11 is 0. The maximum Gasteiger partial charge on any atom is 0.258 e. The van der Waals surface area contributed by atoms with Crippen molar-refractivity contribution < 1.29 is 19.4 Å². The molecule has 3 rings (SSSR count). The number of carbonyl (C=O) groups is 1. The molecule has 0 heterocycles. The van der Waals surface area contributed by atoms with E-state index in [0.717, 1.165) is 22.6 Å². The van der Waals surface area contributed by atoms with Crippen molar-refractivity contribution in [1.29, 1.82) is 0 Å². The molecule has 5 nitrogen and oxygen atoms in total. The van der Waals surface area contributed by atoms with E-state index >= 15 is 0 Å². The SMILES string of the molecule is COc1ccc(CN(Cc2ccc(OC)cc2)C(=O)c2ccccc2O)cc1. The summed E-state index contributed by atoms with van der Waals surface area (Å²) in [6.45, 7) is 0.812. The summed E-state index contributed by atoms with van der Waals surface area (Å²) in [5.41, 5.74) is 2.22. The van der Waals surface area contributed by atoms with Gasteiger partial charge in [-0.1, -0.05) is 36.4 Å². The average molecular weight is 377 g/mol. The topological polar surface area (TPSA) is 59.0 Å². The molecule has 1 N–H and O–H groups in total. The zero-order chi connectivity index (χ0) is 19.9. The number of hydrogen-bond donors (Lipinski definition) is 1. The van der Waals surface area contributed by atoms with Gasteiger partial charge in [0.15, 0.2) is 0 Å². The van der Waals surface area contributed by atoms with Crippen LogP contribution in [-0.4, -0.2) is 30.1 Å². The van der Waals surface area contributed by atoms with Gasteiger partial charge in [0.05, 0.1) is 19.8 Å². The van der Waals surface area contributed by atoms with E-state index in [1.54, 1.807) is 37.3 Å². The Morgan fingerprint density at radius 2 is 1.25 bits per heavy atom. The third-order valence-corrected chi connectivity index (χ3v) is 4.49. The van der Waals surface area contributed by atoms with E-state index in [9.17, 15) is 9.90 Å². The van der Waals surface area contributed by atoms with E-state index in [4.69, 9.17) is 9.47 Å². The molecule has 0 unspecified atom stereocenters. The quantitative estimate of drug-likeness (QED) is 0.669. The fourth-order valence-corrected chi connectivity index (χ4v) is 2.93. The van der Waals surface area contributed by atoms with E-state index in [2.05, 4.69) is 0 Å². The van der Waals surface area contributed by atoms with Gasteiger partial charge in [-0.15, -0.1) is 0 Å². The number of phenolic OH excluding ortho intramolecular Hbond substituents is 1. The molecular formula is C23H23NO4. The second-order valence-corrected chi connectivity index (χ2v) is 6.37. The summed E-state index contributed by atoms with van der Waals surface area (Å²) in [6.07, 6.45) is 0. The van der Waals surface area contributed by atoms with Crippen LogP contribution in [0, 0.1) is 0 Å². The first-order valence-electron chi connectivity index (χ1n) is 8.94. The molecule has 0 aromatic heterocycles. The molecule has 0 radical (unpaired) electrons. The number of phenols is 1. The van der Waals surface area contributed by atoms with Gasteiger partial charge in [-0.25, -0.2) is 0 Å². The van der Waals surface area contributed by atoms with Crippen LogP contribution >= 0.6 is 0 Å². The molecule has 0 atom stereocenters. The zero-order valence-corrected chi connectivity index (χ0v) is 16.0. The molecular weight excluding hydrogens is 354 g/mol. The predicted molar refractivity (Wildman–Crippen MR) is 108 cm³/mol. The van der Waals surface area contributed by atoms with E-state index in [1.807, 2.05) is 48.5 Å². The van der Waals surface area contributed by atoms with Gasteiger partial charge in [0.25, 0.3) is 5.91 Å². The molecule has 0 saturated heterocycles. The second-order valence-electron chi connectivity index (χ2n) is 6.37. The summed E-state index contributed by atoms with van der Waals surface area (Å²) in [5.74, 6) is 1.27. The van der Waals surface area contributed by atoms with Gasteiger partial charge >= 0.3 is 0 Å². The number of benzene rings is 3. The lowest BCUT2D eigenvalue weighted by Gasteiger charge is -2.24. The summed E-state index contributed by atoms with van der Waals surface area (Å²) in [7, 11) is 3.24. The number of nitrogens with zero attached hydrogens (tertiary/aromatic N) is 1. The largest absolute Gasteiger partial charge is 0.507 e. The number of ether oxygens (including phenoxy) is 2. The standard InChI is InChI=1S/C23H23NO4/c1-27-19-11-7-17(8-12-19)15-24(16-18-9-13-20(28-2)14-10-18)23(26)21-5-3-4-6-22(21)25/h3-14,25H,15-16H2,1-2H3. The van der Waals surface area contributed by atoms with E-state index in [1.165, 1.54) is 6.07 Å². The predicted octanol–water partition coefficient (Wildman–Crippen LogP) is 4.25. The van der Waals surface area contributed by atoms with Crippen LogP contribution < -0.4 is 9.47 Å². The van der Waals surface area contributed by atoms with Crippen LogP contribution in [0.3, 0.4) is 0 Å². The molecule has 0 spiro atoms. The molecule has 144 valence electrons. The first kappa shape index (κ1) is 19.3. The molecule has 0 bridgehead atoms. The minimum atomic E-state index is -0.232. The highest BCUT2D eigenvalue weighted by Crippen LogP contribution is 2.22. The highest BCUT2D eigenvalue weighted by Gasteiger charge is 2.19. The molecule has 3 aromatic carbocycles. The summed E-state index contributed by atoms with van der Waals surface area (Å²) in [5, 5.41) is 10.1. The molecule has 3 aromatic rings. The number of rotatable bonds is 7. The third kappa shape index (κ3) is 4.62. The third-order valence-electron chi connectivity index (χ3n) is 4.49. The van der Waals surface area contributed by atoms with Crippen molar-refractivity contribution >= 4 is 5.91 Å². The Morgan fingerprint density at radius 3 is 1.68 bits per heavy atom. The Bertz CT molecular complexity index is 871. The molecule has 0 aliphatic carbocycles. The summed E-state index contributed by atoms with van der Waals surface area (Å²) in [4.78, 5) is 14.8. The molecule has 0 saturated carbocycles. The van der Waals surface area contributed by atoms with Crippen molar-refractivity contribution in [3.8, 4) is 17.2 Å². The van der Waals surface area contributed by atoms with Gasteiger partial charge in [-0.3, -0.25) is 4.79 Å². The Morgan fingerprint density at radius 1 is 0.786 bits per heavy atom. The first-order chi connectivity index (χ1) is 13.6. The van der Waals surface area contributed by atoms with Gasteiger partial charge in [0.1, 0.15) is 17.2 Å². The van der Waals surface area contributed by atoms with Crippen LogP contribution in [0.2, 0.25) is 0 Å². The fourth-order valence-electron chi connectivity index (χ4n) is 2.93. The van der Waals surface area contributed by atoms with Crippen LogP contribution in [0.15, 0.2) is 72.8 Å². The number of amides is 1. The van der Waals surface area contributed by atoms with E-state index in [-0.39, 0.29) is 17.2 Å². The van der Waals surface area contributed by atoms with Crippen LogP contribution in [0.25, 0.3) is 0 Å². The minimum absolute atomic E-state index is 0.0260. The highest BCUT2D eigenvalue weighted by atomic mass is 16.5. The normalized spacial score (nSPS) is 10.4. The second kappa shape index (κ2) is 8.95. The molecule has 0 aliphatic rings. The van der Waals surface area contributed by atoms with Crippen molar-refractivity contribution in [3.63, 3.8) is 0 Å².